The van der Waals surface area contributed by atoms with E-state index in [4.69, 9.17) is 0 Å². The molecule has 2 N–H and O–H groups in total. The smallest absolute Gasteiger partial charge is 0.319 e. The molecular weight excluding hydrogens is 358 g/mol. The van der Waals surface area contributed by atoms with E-state index in [1.165, 1.54) is 17.7 Å². The van der Waals surface area contributed by atoms with Crippen LogP contribution in [0.5, 0.6) is 0 Å². The molecule has 2 fully saturated rings. The lowest BCUT2D eigenvalue weighted by Gasteiger charge is -2.25. The standard InChI is InChI=1S/C21H25N3O2S/c25-19-12-5-13-24(19)17-10-4-3-9-16(17)22-21(26)23-20(15-7-1-2-8-15)18-11-6-14-27-18/h3-4,6,9-11,14-15,20H,1-2,5,7-8,12-13H2,(H2,22,23,26)/t20-/m0/s1. The number of urea groups is 1. The fourth-order valence-electron chi connectivity index (χ4n) is 4.20. The molecule has 0 bridgehead atoms. The first kappa shape index (κ1) is 18.0. The summed E-state index contributed by atoms with van der Waals surface area (Å²) in [6, 6.07) is 11.5. The number of amides is 3. The molecule has 1 saturated heterocycles. The predicted octanol–water partition coefficient (Wildman–Crippen LogP) is 4.93. The largest absolute Gasteiger partial charge is 0.330 e. The molecule has 1 aromatic carbocycles. The summed E-state index contributed by atoms with van der Waals surface area (Å²) >= 11 is 1.69. The van der Waals surface area contributed by atoms with E-state index in [9.17, 15) is 9.59 Å². The number of nitrogens with zero attached hydrogens (tertiary/aromatic N) is 1. The van der Waals surface area contributed by atoms with Crippen LogP contribution in [0.2, 0.25) is 0 Å². The van der Waals surface area contributed by atoms with Crippen molar-refractivity contribution >= 4 is 34.6 Å². The summed E-state index contributed by atoms with van der Waals surface area (Å²) in [7, 11) is 0. The molecule has 0 spiro atoms. The van der Waals surface area contributed by atoms with Gasteiger partial charge in [-0.15, -0.1) is 11.3 Å². The Hall–Kier alpha value is -2.34. The molecular formula is C21H25N3O2S. The molecule has 0 unspecified atom stereocenters. The Morgan fingerprint density at radius 2 is 1.93 bits per heavy atom. The van der Waals surface area contributed by atoms with Crippen LogP contribution in [0.25, 0.3) is 0 Å². The lowest BCUT2D eigenvalue weighted by atomic mass is 9.97. The van der Waals surface area contributed by atoms with Crippen LogP contribution in [-0.2, 0) is 4.79 Å². The van der Waals surface area contributed by atoms with Gasteiger partial charge in [0.15, 0.2) is 0 Å². The number of benzene rings is 1. The van der Waals surface area contributed by atoms with Crippen molar-refractivity contribution in [3.63, 3.8) is 0 Å². The van der Waals surface area contributed by atoms with Gasteiger partial charge >= 0.3 is 6.03 Å². The quantitative estimate of drug-likeness (QED) is 0.769. The van der Waals surface area contributed by atoms with Gasteiger partial charge in [-0.25, -0.2) is 4.79 Å². The molecule has 4 rings (SSSR count). The normalized spacial score (nSPS) is 18.7. The van der Waals surface area contributed by atoms with Crippen molar-refractivity contribution in [1.82, 2.24) is 5.32 Å². The highest BCUT2D eigenvalue weighted by Crippen LogP contribution is 2.37. The fourth-order valence-corrected chi connectivity index (χ4v) is 5.07. The zero-order valence-electron chi connectivity index (χ0n) is 15.3. The Kier molecular flexibility index (Phi) is 5.43. The van der Waals surface area contributed by atoms with Crippen LogP contribution in [0.3, 0.4) is 0 Å². The van der Waals surface area contributed by atoms with Crippen LogP contribution in [-0.4, -0.2) is 18.5 Å². The van der Waals surface area contributed by atoms with Crippen LogP contribution in [0.1, 0.15) is 49.4 Å². The number of anilines is 2. The van der Waals surface area contributed by atoms with E-state index in [0.29, 0.717) is 24.6 Å². The summed E-state index contributed by atoms with van der Waals surface area (Å²) < 4.78 is 0. The number of hydrogen-bond acceptors (Lipinski definition) is 3. The minimum absolute atomic E-state index is 0.0491. The van der Waals surface area contributed by atoms with Gasteiger partial charge < -0.3 is 15.5 Å². The first-order valence-electron chi connectivity index (χ1n) is 9.72. The Bertz CT molecular complexity index is 800. The average Bonchev–Trinajstić information content (AvgIpc) is 3.43. The topological polar surface area (TPSA) is 61.4 Å². The molecule has 2 heterocycles. The van der Waals surface area contributed by atoms with Crippen molar-refractivity contribution in [3.8, 4) is 0 Å². The number of carbonyl (C=O) groups is 2. The highest BCUT2D eigenvalue weighted by atomic mass is 32.1. The molecule has 1 saturated carbocycles. The molecule has 5 nitrogen and oxygen atoms in total. The van der Waals surface area contributed by atoms with Gasteiger partial charge in [0.1, 0.15) is 0 Å². The molecule has 1 aliphatic heterocycles. The van der Waals surface area contributed by atoms with Crippen molar-refractivity contribution in [2.24, 2.45) is 5.92 Å². The van der Waals surface area contributed by atoms with Crippen molar-refractivity contribution < 1.29 is 9.59 Å². The summed E-state index contributed by atoms with van der Waals surface area (Å²) in [5.74, 6) is 0.608. The van der Waals surface area contributed by atoms with Crippen molar-refractivity contribution in [1.29, 1.82) is 0 Å². The van der Waals surface area contributed by atoms with Crippen LogP contribution in [0.15, 0.2) is 41.8 Å². The van der Waals surface area contributed by atoms with Gasteiger partial charge in [0, 0.05) is 17.8 Å². The van der Waals surface area contributed by atoms with E-state index in [0.717, 1.165) is 24.9 Å². The van der Waals surface area contributed by atoms with Crippen molar-refractivity contribution in [2.75, 3.05) is 16.8 Å². The van der Waals surface area contributed by atoms with Gasteiger partial charge in [0.2, 0.25) is 5.91 Å². The van der Waals surface area contributed by atoms with Crippen LogP contribution >= 0.6 is 11.3 Å². The minimum atomic E-state index is -0.209. The lowest BCUT2D eigenvalue weighted by Crippen LogP contribution is -2.36. The van der Waals surface area contributed by atoms with Crippen LogP contribution < -0.4 is 15.5 Å². The Morgan fingerprint density at radius 3 is 2.63 bits per heavy atom. The summed E-state index contributed by atoms with van der Waals surface area (Å²) in [4.78, 5) is 27.9. The summed E-state index contributed by atoms with van der Waals surface area (Å²) in [5, 5.41) is 8.24. The number of rotatable bonds is 5. The van der Waals surface area contributed by atoms with Crippen LogP contribution in [0.4, 0.5) is 16.2 Å². The number of para-hydroxylation sites is 2. The zero-order chi connectivity index (χ0) is 18.6. The van der Waals surface area contributed by atoms with E-state index in [1.54, 1.807) is 16.2 Å². The minimum Gasteiger partial charge on any atom is -0.330 e. The third kappa shape index (κ3) is 4.00. The van der Waals surface area contributed by atoms with E-state index >= 15 is 0 Å². The molecule has 1 aliphatic carbocycles. The third-order valence-electron chi connectivity index (χ3n) is 5.52. The monoisotopic (exact) mass is 383 g/mol. The summed E-state index contributed by atoms with van der Waals surface area (Å²) in [6.45, 7) is 0.707. The number of nitrogens with one attached hydrogen (secondary N) is 2. The fraction of sp³-hybridized carbons (Fsp3) is 0.429. The van der Waals surface area contributed by atoms with Gasteiger partial charge in [-0.2, -0.15) is 0 Å². The highest BCUT2D eigenvalue weighted by molar-refractivity contribution is 7.10. The van der Waals surface area contributed by atoms with Crippen molar-refractivity contribution in [3.05, 3.63) is 46.7 Å². The average molecular weight is 384 g/mol. The van der Waals surface area contributed by atoms with Gasteiger partial charge in [-0.1, -0.05) is 31.0 Å². The molecule has 1 aromatic heterocycles. The first-order chi connectivity index (χ1) is 13.2. The van der Waals surface area contributed by atoms with E-state index < -0.39 is 0 Å². The van der Waals surface area contributed by atoms with E-state index in [1.807, 2.05) is 30.3 Å². The summed E-state index contributed by atoms with van der Waals surface area (Å²) in [5.41, 5.74) is 1.46. The second-order valence-electron chi connectivity index (χ2n) is 7.30. The lowest BCUT2D eigenvalue weighted by molar-refractivity contribution is -0.117. The molecule has 0 radical (unpaired) electrons. The van der Waals surface area contributed by atoms with Gasteiger partial charge in [0.25, 0.3) is 0 Å². The SMILES string of the molecule is O=C(Nc1ccccc1N1CCCC1=O)N[C@H](c1cccs1)C1CCCC1. The maximum atomic E-state index is 12.8. The Labute approximate surface area is 163 Å². The predicted molar refractivity (Wildman–Crippen MR) is 109 cm³/mol. The zero-order valence-corrected chi connectivity index (χ0v) is 16.1. The first-order valence-corrected chi connectivity index (χ1v) is 10.6. The van der Waals surface area contributed by atoms with Crippen LogP contribution in [0, 0.1) is 5.92 Å². The second kappa shape index (κ2) is 8.13. The van der Waals surface area contributed by atoms with E-state index in [2.05, 4.69) is 22.1 Å². The molecule has 27 heavy (non-hydrogen) atoms. The maximum Gasteiger partial charge on any atom is 0.319 e. The third-order valence-corrected chi connectivity index (χ3v) is 6.48. The number of hydrogen-bond donors (Lipinski definition) is 2. The molecule has 142 valence electrons. The van der Waals surface area contributed by atoms with Gasteiger partial charge in [-0.3, -0.25) is 4.79 Å². The Balaban J connectivity index is 1.49. The molecule has 6 heteroatoms. The number of thiophene rings is 1. The van der Waals surface area contributed by atoms with Crippen molar-refractivity contribution in [2.45, 2.75) is 44.6 Å². The van der Waals surface area contributed by atoms with Gasteiger partial charge in [0.05, 0.1) is 17.4 Å². The Morgan fingerprint density at radius 1 is 1.11 bits per heavy atom. The number of carbonyl (C=O) groups excluding carboxylic acids is 2. The highest BCUT2D eigenvalue weighted by Gasteiger charge is 2.29. The van der Waals surface area contributed by atoms with Gasteiger partial charge in [-0.05, 0) is 48.8 Å². The molecule has 2 aliphatic rings. The molecule has 3 amide bonds. The summed E-state index contributed by atoms with van der Waals surface area (Å²) in [6.07, 6.45) is 6.21. The van der Waals surface area contributed by atoms with E-state index in [-0.39, 0.29) is 18.0 Å². The maximum absolute atomic E-state index is 12.8. The second-order valence-corrected chi connectivity index (χ2v) is 8.28. The molecule has 1 atom stereocenters. The molecule has 2 aromatic rings.